The summed E-state index contributed by atoms with van der Waals surface area (Å²) in [5.41, 5.74) is 0.778. The van der Waals surface area contributed by atoms with Gasteiger partial charge in [-0.25, -0.2) is 9.78 Å². The minimum absolute atomic E-state index is 0.0732. The fourth-order valence-corrected chi connectivity index (χ4v) is 5.40. The van der Waals surface area contributed by atoms with Crippen LogP contribution in [0.15, 0.2) is 12.4 Å². The summed E-state index contributed by atoms with van der Waals surface area (Å²) >= 11 is 0. The third-order valence-corrected chi connectivity index (χ3v) is 6.07. The fraction of sp³-hybridized carbons (Fsp3) is 0.684. The van der Waals surface area contributed by atoms with Crippen LogP contribution in [0.25, 0.3) is 0 Å². The molecule has 0 spiro atoms. The quantitative estimate of drug-likeness (QED) is 0.849. The predicted octanol–water partition coefficient (Wildman–Crippen LogP) is 2.42. The summed E-state index contributed by atoms with van der Waals surface area (Å²) in [5.74, 6) is 1.46. The van der Waals surface area contributed by atoms with Gasteiger partial charge >= 0.3 is 5.97 Å². The Morgan fingerprint density at radius 1 is 1.12 bits per heavy atom. The second kappa shape index (κ2) is 6.07. The van der Waals surface area contributed by atoms with Gasteiger partial charge in [0.15, 0.2) is 11.8 Å². The first kappa shape index (κ1) is 16.5. The van der Waals surface area contributed by atoms with Gasteiger partial charge in [-0.3, -0.25) is 9.78 Å². The van der Waals surface area contributed by atoms with Crippen LogP contribution in [-0.4, -0.2) is 33.5 Å². The SMILES string of the molecule is Cc1cnc(C(=O)O[C@H](C)C(=O)NC23CC4CC(CC(C4)C2)C3)cn1. The monoisotopic (exact) mass is 343 g/mol. The Bertz CT molecular complexity index is 650. The van der Waals surface area contributed by atoms with Gasteiger partial charge in [-0.1, -0.05) is 0 Å². The number of rotatable bonds is 4. The minimum atomic E-state index is -0.830. The van der Waals surface area contributed by atoms with Crippen LogP contribution in [0.1, 0.15) is 61.6 Å². The van der Waals surface area contributed by atoms with Gasteiger partial charge in [-0.05, 0) is 70.1 Å². The number of carbonyl (C=O) groups is 2. The second-order valence-electron chi connectivity index (χ2n) is 8.28. The van der Waals surface area contributed by atoms with Crippen LogP contribution >= 0.6 is 0 Å². The average Bonchev–Trinajstić information content (AvgIpc) is 2.53. The molecule has 4 aliphatic rings. The fourth-order valence-electron chi connectivity index (χ4n) is 5.40. The van der Waals surface area contributed by atoms with Crippen LogP contribution in [0.2, 0.25) is 0 Å². The summed E-state index contributed by atoms with van der Waals surface area (Å²) < 4.78 is 5.30. The largest absolute Gasteiger partial charge is 0.448 e. The summed E-state index contributed by atoms with van der Waals surface area (Å²) in [5, 5.41) is 3.24. The number of ether oxygens (including phenoxy) is 1. The highest BCUT2D eigenvalue weighted by Gasteiger charge is 2.51. The molecular formula is C19H25N3O3. The molecule has 0 aliphatic heterocycles. The molecular weight excluding hydrogens is 318 g/mol. The maximum Gasteiger partial charge on any atom is 0.359 e. The van der Waals surface area contributed by atoms with Gasteiger partial charge in [0.1, 0.15) is 0 Å². The van der Waals surface area contributed by atoms with Crippen molar-refractivity contribution in [2.24, 2.45) is 17.8 Å². The molecule has 4 aliphatic carbocycles. The predicted molar refractivity (Wildman–Crippen MR) is 90.7 cm³/mol. The summed E-state index contributed by atoms with van der Waals surface area (Å²) in [6.07, 6.45) is 9.27. The van der Waals surface area contributed by atoms with E-state index in [9.17, 15) is 9.59 Å². The smallest absolute Gasteiger partial charge is 0.359 e. The van der Waals surface area contributed by atoms with Crippen molar-refractivity contribution in [1.29, 1.82) is 0 Å². The van der Waals surface area contributed by atoms with Gasteiger partial charge in [0.05, 0.1) is 11.9 Å². The van der Waals surface area contributed by atoms with Crippen molar-refractivity contribution in [2.45, 2.75) is 64.0 Å². The Morgan fingerprint density at radius 3 is 2.24 bits per heavy atom. The highest BCUT2D eigenvalue weighted by Crippen LogP contribution is 2.55. The number of aromatic nitrogens is 2. The summed E-state index contributed by atoms with van der Waals surface area (Å²) in [4.78, 5) is 32.8. The van der Waals surface area contributed by atoms with Crippen LogP contribution in [0.3, 0.4) is 0 Å². The zero-order chi connectivity index (χ0) is 17.6. The molecule has 1 atom stereocenters. The summed E-state index contributed by atoms with van der Waals surface area (Å²) in [6, 6.07) is 0. The van der Waals surface area contributed by atoms with E-state index >= 15 is 0 Å². The number of hydrogen-bond donors (Lipinski definition) is 1. The minimum Gasteiger partial charge on any atom is -0.448 e. The first-order chi connectivity index (χ1) is 11.9. The highest BCUT2D eigenvalue weighted by molar-refractivity contribution is 5.90. The number of nitrogens with zero attached hydrogens (tertiary/aromatic N) is 2. The first-order valence-electron chi connectivity index (χ1n) is 9.24. The zero-order valence-corrected chi connectivity index (χ0v) is 14.8. The second-order valence-corrected chi connectivity index (χ2v) is 8.28. The Balaban J connectivity index is 1.38. The van der Waals surface area contributed by atoms with Crippen molar-refractivity contribution in [3.63, 3.8) is 0 Å². The van der Waals surface area contributed by atoms with Crippen molar-refractivity contribution >= 4 is 11.9 Å². The number of nitrogens with one attached hydrogen (secondary N) is 1. The van der Waals surface area contributed by atoms with Crippen LogP contribution < -0.4 is 5.32 Å². The van der Waals surface area contributed by atoms with Gasteiger partial charge < -0.3 is 10.1 Å². The first-order valence-corrected chi connectivity index (χ1v) is 9.24. The third-order valence-electron chi connectivity index (χ3n) is 6.07. The van der Waals surface area contributed by atoms with Crippen molar-refractivity contribution in [1.82, 2.24) is 15.3 Å². The van der Waals surface area contributed by atoms with Crippen LogP contribution in [0.4, 0.5) is 0 Å². The lowest BCUT2D eigenvalue weighted by molar-refractivity contribution is -0.134. The normalized spacial score (nSPS) is 33.8. The molecule has 6 heteroatoms. The van der Waals surface area contributed by atoms with Gasteiger partial charge in [-0.15, -0.1) is 0 Å². The summed E-state index contributed by atoms with van der Waals surface area (Å²) in [7, 11) is 0. The molecule has 1 N–H and O–H groups in total. The number of hydrogen-bond acceptors (Lipinski definition) is 5. The molecule has 1 aromatic rings. The number of aryl methyl sites for hydroxylation is 1. The Labute approximate surface area is 147 Å². The topological polar surface area (TPSA) is 81.2 Å². The molecule has 4 saturated carbocycles. The van der Waals surface area contributed by atoms with E-state index in [1.165, 1.54) is 31.7 Å². The van der Waals surface area contributed by atoms with Crippen LogP contribution in [-0.2, 0) is 9.53 Å². The van der Waals surface area contributed by atoms with Crippen molar-refractivity contribution in [3.8, 4) is 0 Å². The van der Waals surface area contributed by atoms with E-state index in [0.717, 1.165) is 42.7 Å². The van der Waals surface area contributed by atoms with E-state index in [0.29, 0.717) is 0 Å². The lowest BCUT2D eigenvalue weighted by atomic mass is 9.53. The Hall–Kier alpha value is -1.98. The van der Waals surface area contributed by atoms with Gasteiger partial charge in [0.25, 0.3) is 5.91 Å². The maximum absolute atomic E-state index is 12.6. The lowest BCUT2D eigenvalue weighted by Gasteiger charge is -2.57. The number of amides is 1. The molecule has 1 aromatic heterocycles. The van der Waals surface area contributed by atoms with E-state index in [1.807, 2.05) is 0 Å². The molecule has 0 saturated heterocycles. The molecule has 25 heavy (non-hydrogen) atoms. The van der Waals surface area contributed by atoms with Gasteiger partial charge in [0, 0.05) is 11.7 Å². The molecule has 4 bridgehead atoms. The Morgan fingerprint density at radius 2 is 1.72 bits per heavy atom. The Kier molecular flexibility index (Phi) is 4.01. The van der Waals surface area contributed by atoms with Crippen LogP contribution in [0.5, 0.6) is 0 Å². The molecule has 6 nitrogen and oxygen atoms in total. The number of carbonyl (C=O) groups excluding carboxylic acids is 2. The van der Waals surface area contributed by atoms with E-state index in [-0.39, 0.29) is 17.1 Å². The average molecular weight is 343 g/mol. The van der Waals surface area contributed by atoms with Crippen molar-refractivity contribution in [3.05, 3.63) is 23.8 Å². The van der Waals surface area contributed by atoms with Gasteiger partial charge in [-0.2, -0.15) is 0 Å². The zero-order valence-electron chi connectivity index (χ0n) is 14.8. The molecule has 0 unspecified atom stereocenters. The van der Waals surface area contributed by atoms with Gasteiger partial charge in [0.2, 0.25) is 0 Å². The van der Waals surface area contributed by atoms with Crippen LogP contribution in [0, 0.1) is 24.7 Å². The molecule has 134 valence electrons. The molecule has 5 rings (SSSR count). The number of esters is 1. The molecule has 0 radical (unpaired) electrons. The summed E-state index contributed by atoms with van der Waals surface area (Å²) in [6.45, 7) is 3.42. The third kappa shape index (κ3) is 3.26. The lowest BCUT2D eigenvalue weighted by Crippen LogP contribution is -2.61. The molecule has 1 heterocycles. The molecule has 0 aromatic carbocycles. The molecule has 4 fully saturated rings. The van der Waals surface area contributed by atoms with E-state index in [1.54, 1.807) is 13.8 Å². The maximum atomic E-state index is 12.6. The van der Waals surface area contributed by atoms with Crippen molar-refractivity contribution in [2.75, 3.05) is 0 Å². The van der Waals surface area contributed by atoms with E-state index in [4.69, 9.17) is 4.74 Å². The molecule has 1 amide bonds. The standard InChI is InChI=1S/C19H25N3O3/c1-11-9-21-16(10-20-11)18(24)25-12(2)17(23)22-19-6-13-3-14(7-19)5-15(4-13)8-19/h9-10,12-15H,3-8H2,1-2H3,(H,22,23)/t12-,13?,14?,15?,19?/m1/s1. The van der Waals surface area contributed by atoms with E-state index in [2.05, 4.69) is 15.3 Å². The van der Waals surface area contributed by atoms with Crippen molar-refractivity contribution < 1.29 is 14.3 Å². The van der Waals surface area contributed by atoms with E-state index < -0.39 is 12.1 Å². The highest BCUT2D eigenvalue weighted by atomic mass is 16.5.